The normalized spacial score (nSPS) is 17.0. The van der Waals surface area contributed by atoms with Crippen LogP contribution in [0.4, 0.5) is 5.69 Å². The highest BCUT2D eigenvalue weighted by Gasteiger charge is 2.32. The third-order valence-electron chi connectivity index (χ3n) is 4.37. The fourth-order valence-electron chi connectivity index (χ4n) is 2.94. The number of rotatable bonds is 6. The Bertz CT molecular complexity index is 937. The predicted molar refractivity (Wildman–Crippen MR) is 115 cm³/mol. The summed E-state index contributed by atoms with van der Waals surface area (Å²) >= 11 is 1.37. The van der Waals surface area contributed by atoms with Crippen LogP contribution in [0.5, 0.6) is 11.5 Å². The molecule has 6 heteroatoms. The molecular weight excluding hydrogens is 372 g/mol. The molecule has 3 rings (SSSR count). The Balaban J connectivity index is 1.94. The molecule has 2 aromatic rings. The second-order valence-corrected chi connectivity index (χ2v) is 7.21. The summed E-state index contributed by atoms with van der Waals surface area (Å²) in [6.07, 6.45) is 2.69. The van der Waals surface area contributed by atoms with Gasteiger partial charge in [-0.2, -0.15) is 0 Å². The van der Waals surface area contributed by atoms with Gasteiger partial charge in [0, 0.05) is 6.54 Å². The second-order valence-electron chi connectivity index (χ2n) is 6.20. The lowest BCUT2D eigenvalue weighted by molar-refractivity contribution is -0.122. The highest BCUT2D eigenvalue weighted by molar-refractivity contribution is 8.18. The van der Waals surface area contributed by atoms with E-state index in [1.165, 1.54) is 11.8 Å². The van der Waals surface area contributed by atoms with E-state index in [0.29, 0.717) is 29.0 Å². The summed E-state index contributed by atoms with van der Waals surface area (Å²) in [5, 5.41) is 10.6. The summed E-state index contributed by atoms with van der Waals surface area (Å²) in [6.45, 7) is 6.90. The van der Waals surface area contributed by atoms with Gasteiger partial charge in [0.2, 0.25) is 0 Å². The van der Waals surface area contributed by atoms with Crippen LogP contribution in [0.15, 0.2) is 52.4 Å². The molecule has 0 aromatic heterocycles. The molecule has 0 saturated carbocycles. The van der Waals surface area contributed by atoms with E-state index in [-0.39, 0.29) is 11.7 Å². The van der Waals surface area contributed by atoms with Crippen LogP contribution >= 0.6 is 11.8 Å². The van der Waals surface area contributed by atoms with Gasteiger partial charge < -0.3 is 9.84 Å². The number of nitrogens with zero attached hydrogens (tertiary/aromatic N) is 2. The smallest absolute Gasteiger partial charge is 0.266 e. The minimum Gasteiger partial charge on any atom is -0.504 e. The number of phenolic OH excluding ortho intramolecular Hbond substituents is 1. The van der Waals surface area contributed by atoms with Gasteiger partial charge in [0.15, 0.2) is 16.7 Å². The Morgan fingerprint density at radius 2 is 1.96 bits per heavy atom. The van der Waals surface area contributed by atoms with Gasteiger partial charge in [0.25, 0.3) is 5.91 Å². The van der Waals surface area contributed by atoms with E-state index in [1.807, 2.05) is 38.1 Å². The molecule has 1 aliphatic rings. The summed E-state index contributed by atoms with van der Waals surface area (Å²) in [7, 11) is 0. The van der Waals surface area contributed by atoms with E-state index >= 15 is 0 Å². The number of benzene rings is 2. The first-order valence-electron chi connectivity index (χ1n) is 9.41. The van der Waals surface area contributed by atoms with Crippen LogP contribution in [0.25, 0.3) is 6.08 Å². The van der Waals surface area contributed by atoms with E-state index in [0.717, 1.165) is 23.2 Å². The number of carbonyl (C=O) groups is 1. The van der Waals surface area contributed by atoms with Crippen molar-refractivity contribution in [2.45, 2.75) is 27.2 Å². The Morgan fingerprint density at radius 3 is 2.68 bits per heavy atom. The first kappa shape index (κ1) is 20.0. The molecule has 0 aliphatic carbocycles. The van der Waals surface area contributed by atoms with Crippen molar-refractivity contribution in [3.8, 4) is 11.5 Å². The van der Waals surface area contributed by atoms with Crippen molar-refractivity contribution in [1.29, 1.82) is 0 Å². The van der Waals surface area contributed by atoms with Crippen molar-refractivity contribution in [2.24, 2.45) is 4.99 Å². The number of thioether (sulfide) groups is 1. The minimum atomic E-state index is -0.0636. The highest BCUT2D eigenvalue weighted by Crippen LogP contribution is 2.36. The van der Waals surface area contributed by atoms with E-state index in [4.69, 9.17) is 9.73 Å². The van der Waals surface area contributed by atoms with Gasteiger partial charge in [-0.05, 0) is 67.4 Å². The molecule has 0 bridgehead atoms. The van der Waals surface area contributed by atoms with Crippen molar-refractivity contribution in [2.75, 3.05) is 13.2 Å². The SMILES string of the molecule is CCOc1cc(/C=C2/SC(=Nc3ccccc3CC)N(CC)C2=O)ccc1O. The lowest BCUT2D eigenvalue weighted by Gasteiger charge is -2.12. The Morgan fingerprint density at radius 1 is 1.18 bits per heavy atom. The molecular formula is C22H24N2O3S. The molecule has 0 radical (unpaired) electrons. The fraction of sp³-hybridized carbons (Fsp3) is 0.273. The minimum absolute atomic E-state index is 0.0636. The summed E-state index contributed by atoms with van der Waals surface area (Å²) in [5.41, 5.74) is 2.84. The van der Waals surface area contributed by atoms with Crippen LogP contribution in [-0.4, -0.2) is 34.2 Å². The molecule has 1 N–H and O–H groups in total. The number of amidine groups is 1. The quantitative estimate of drug-likeness (QED) is 0.700. The van der Waals surface area contributed by atoms with Crippen molar-refractivity contribution in [3.05, 3.63) is 58.5 Å². The van der Waals surface area contributed by atoms with E-state index in [2.05, 4.69) is 13.0 Å². The molecule has 28 heavy (non-hydrogen) atoms. The van der Waals surface area contributed by atoms with Gasteiger partial charge in [0.1, 0.15) is 0 Å². The average Bonchev–Trinajstić information content (AvgIpc) is 2.99. The standard InChI is InChI=1S/C22H24N2O3S/c1-4-16-9-7-8-10-17(16)23-22-24(5-2)21(26)20(28-22)14-15-11-12-18(25)19(13-15)27-6-3/h7-14,25H,4-6H2,1-3H3/b20-14+,23-22?. The number of carbonyl (C=O) groups excluding carboxylic acids is 1. The summed E-state index contributed by atoms with van der Waals surface area (Å²) in [5.74, 6) is 0.430. The monoisotopic (exact) mass is 396 g/mol. The van der Waals surface area contributed by atoms with Crippen molar-refractivity contribution in [1.82, 2.24) is 4.90 Å². The molecule has 0 spiro atoms. The fourth-order valence-corrected chi connectivity index (χ4v) is 3.99. The lowest BCUT2D eigenvalue weighted by Crippen LogP contribution is -2.28. The van der Waals surface area contributed by atoms with Gasteiger partial charge in [-0.3, -0.25) is 9.69 Å². The average molecular weight is 397 g/mol. The number of ether oxygens (including phenoxy) is 1. The highest BCUT2D eigenvalue weighted by atomic mass is 32.2. The maximum absolute atomic E-state index is 12.8. The first-order chi connectivity index (χ1) is 13.6. The molecule has 5 nitrogen and oxygen atoms in total. The molecule has 1 aliphatic heterocycles. The van der Waals surface area contributed by atoms with Gasteiger partial charge in [-0.15, -0.1) is 0 Å². The Labute approximate surface area is 169 Å². The second kappa shape index (κ2) is 8.97. The number of phenols is 1. The number of amides is 1. The maximum Gasteiger partial charge on any atom is 0.266 e. The third-order valence-corrected chi connectivity index (χ3v) is 5.38. The van der Waals surface area contributed by atoms with Crippen LogP contribution in [-0.2, 0) is 11.2 Å². The van der Waals surface area contributed by atoms with Crippen molar-refractivity contribution in [3.63, 3.8) is 0 Å². The molecule has 1 amide bonds. The Kier molecular flexibility index (Phi) is 6.41. The van der Waals surface area contributed by atoms with E-state index in [1.54, 1.807) is 23.1 Å². The molecule has 2 aromatic carbocycles. The summed E-state index contributed by atoms with van der Waals surface area (Å²) < 4.78 is 5.43. The zero-order valence-electron chi connectivity index (χ0n) is 16.3. The maximum atomic E-state index is 12.8. The van der Waals surface area contributed by atoms with Gasteiger partial charge >= 0.3 is 0 Å². The molecule has 1 saturated heterocycles. The lowest BCUT2D eigenvalue weighted by atomic mass is 10.1. The van der Waals surface area contributed by atoms with E-state index < -0.39 is 0 Å². The van der Waals surface area contributed by atoms with Crippen LogP contribution in [0.1, 0.15) is 31.9 Å². The molecule has 0 unspecified atom stereocenters. The van der Waals surface area contributed by atoms with Crippen molar-refractivity contribution >= 4 is 34.6 Å². The number of hydrogen-bond acceptors (Lipinski definition) is 5. The number of likely N-dealkylation sites (N-methyl/N-ethyl adjacent to an activating group) is 1. The number of aromatic hydroxyl groups is 1. The predicted octanol–water partition coefficient (Wildman–Crippen LogP) is 4.98. The molecule has 1 heterocycles. The largest absolute Gasteiger partial charge is 0.504 e. The number of aryl methyl sites for hydroxylation is 1. The van der Waals surface area contributed by atoms with Crippen LogP contribution in [0.3, 0.4) is 0 Å². The molecule has 1 fully saturated rings. The van der Waals surface area contributed by atoms with Gasteiger partial charge in [0.05, 0.1) is 17.2 Å². The number of aliphatic imine (C=N–C) groups is 1. The molecule has 0 atom stereocenters. The Hall–Kier alpha value is -2.73. The summed E-state index contributed by atoms with van der Waals surface area (Å²) in [6, 6.07) is 13.1. The summed E-state index contributed by atoms with van der Waals surface area (Å²) in [4.78, 5) is 19.9. The van der Waals surface area contributed by atoms with Gasteiger partial charge in [-0.1, -0.05) is 31.2 Å². The van der Waals surface area contributed by atoms with Crippen molar-refractivity contribution < 1.29 is 14.6 Å². The van der Waals surface area contributed by atoms with Crippen LogP contribution < -0.4 is 4.74 Å². The number of para-hydroxylation sites is 1. The van der Waals surface area contributed by atoms with Gasteiger partial charge in [-0.25, -0.2) is 4.99 Å². The van der Waals surface area contributed by atoms with E-state index in [9.17, 15) is 9.90 Å². The topological polar surface area (TPSA) is 62.1 Å². The van der Waals surface area contributed by atoms with Crippen LogP contribution in [0, 0.1) is 0 Å². The molecule has 146 valence electrons. The third kappa shape index (κ3) is 4.22. The first-order valence-corrected chi connectivity index (χ1v) is 10.2. The van der Waals surface area contributed by atoms with Crippen LogP contribution in [0.2, 0.25) is 0 Å². The number of hydrogen-bond donors (Lipinski definition) is 1. The zero-order valence-corrected chi connectivity index (χ0v) is 17.1. The zero-order chi connectivity index (χ0) is 20.1.